The third kappa shape index (κ3) is 3.89. The molecule has 3 N–H and O–H groups in total. The third-order valence-electron chi connectivity index (χ3n) is 2.18. The minimum Gasteiger partial charge on any atom is -0.368 e. The number of rotatable bonds is 6. The van der Waals surface area contributed by atoms with Crippen molar-refractivity contribution >= 4 is 17.5 Å². The number of carbonyl (C=O) groups excluding carboxylic acids is 1. The van der Waals surface area contributed by atoms with E-state index in [4.69, 9.17) is 22.9 Å². The highest BCUT2D eigenvalue weighted by Gasteiger charge is 2.20. The number of primary amides is 1. The fourth-order valence-corrected chi connectivity index (χ4v) is 1.56. The first-order chi connectivity index (χ1) is 8.56. The first-order valence-corrected chi connectivity index (χ1v) is 5.42. The highest BCUT2D eigenvalue weighted by Crippen LogP contribution is 2.20. The van der Waals surface area contributed by atoms with E-state index >= 15 is 0 Å². The molecule has 1 amide bonds. The lowest BCUT2D eigenvalue weighted by Crippen LogP contribution is -2.35. The van der Waals surface area contributed by atoms with Crippen LogP contribution in [0.5, 0.6) is 0 Å². The Hall–Kier alpha value is -1.82. The molecule has 0 aliphatic rings. The molecule has 0 fully saturated rings. The lowest BCUT2D eigenvalue weighted by atomic mass is 10.1. The topological polar surface area (TPSA) is 104 Å². The van der Waals surface area contributed by atoms with E-state index in [1.807, 2.05) is 0 Å². The fraction of sp³-hybridized carbons (Fsp3) is 0.300. The Balaban J connectivity index is 2.84. The minimum atomic E-state index is -0.990. The van der Waals surface area contributed by atoms with E-state index < -0.39 is 17.8 Å². The van der Waals surface area contributed by atoms with Crippen molar-refractivity contribution in [1.82, 2.24) is 5.32 Å². The van der Waals surface area contributed by atoms with Crippen LogP contribution in [0.1, 0.15) is 11.6 Å². The lowest BCUT2D eigenvalue weighted by molar-refractivity contribution is -0.120. The lowest BCUT2D eigenvalue weighted by Gasteiger charge is -2.16. The van der Waals surface area contributed by atoms with Crippen molar-refractivity contribution in [3.05, 3.63) is 45.0 Å². The van der Waals surface area contributed by atoms with E-state index in [2.05, 4.69) is 15.3 Å². The maximum Gasteiger partial charge on any atom is 0.239 e. The van der Waals surface area contributed by atoms with Gasteiger partial charge in [0.2, 0.25) is 5.91 Å². The number of hydrogen-bond acceptors (Lipinski definition) is 3. The summed E-state index contributed by atoms with van der Waals surface area (Å²) >= 11 is 5.62. The second-order valence-electron chi connectivity index (χ2n) is 3.41. The highest BCUT2D eigenvalue weighted by molar-refractivity contribution is 6.30. The highest BCUT2D eigenvalue weighted by atomic mass is 35.5. The molecule has 0 saturated heterocycles. The molecule has 0 aromatic heterocycles. The van der Waals surface area contributed by atoms with Gasteiger partial charge in [-0.1, -0.05) is 22.8 Å². The van der Waals surface area contributed by atoms with Gasteiger partial charge in [-0.25, -0.2) is 4.39 Å². The summed E-state index contributed by atoms with van der Waals surface area (Å²) in [7, 11) is 0. The zero-order valence-electron chi connectivity index (χ0n) is 9.31. The molecular weight excluding hydrogens is 261 g/mol. The molecule has 1 rings (SSSR count). The molecule has 0 bridgehead atoms. The maximum absolute atomic E-state index is 13.6. The van der Waals surface area contributed by atoms with Gasteiger partial charge in [0.05, 0.1) is 0 Å². The van der Waals surface area contributed by atoms with E-state index in [1.54, 1.807) is 0 Å². The number of carbonyl (C=O) groups is 1. The Morgan fingerprint density at radius 1 is 1.67 bits per heavy atom. The number of nitrogens with zero attached hydrogens (tertiary/aromatic N) is 3. The molecule has 0 aliphatic heterocycles. The Kier molecular flexibility index (Phi) is 5.38. The molecule has 0 aliphatic carbocycles. The van der Waals surface area contributed by atoms with Crippen LogP contribution in [0.25, 0.3) is 10.4 Å². The van der Waals surface area contributed by atoms with Gasteiger partial charge in [0, 0.05) is 28.6 Å². The van der Waals surface area contributed by atoms with Crippen LogP contribution in [0.2, 0.25) is 5.02 Å². The minimum absolute atomic E-state index is 0.104. The van der Waals surface area contributed by atoms with Crippen molar-refractivity contribution in [3.63, 3.8) is 0 Å². The number of azide groups is 1. The molecule has 6 nitrogen and oxygen atoms in total. The fourth-order valence-electron chi connectivity index (χ4n) is 1.40. The number of amides is 1. The molecule has 8 heteroatoms. The van der Waals surface area contributed by atoms with Crippen LogP contribution >= 0.6 is 11.6 Å². The van der Waals surface area contributed by atoms with E-state index in [-0.39, 0.29) is 23.7 Å². The first-order valence-electron chi connectivity index (χ1n) is 5.04. The molecule has 1 aromatic rings. The summed E-state index contributed by atoms with van der Waals surface area (Å²) in [6.45, 7) is 0.342. The van der Waals surface area contributed by atoms with Crippen molar-refractivity contribution < 1.29 is 9.18 Å². The van der Waals surface area contributed by atoms with Crippen LogP contribution in [0.15, 0.2) is 23.3 Å². The van der Waals surface area contributed by atoms with Crippen molar-refractivity contribution in [1.29, 1.82) is 0 Å². The van der Waals surface area contributed by atoms with Gasteiger partial charge in [-0.3, -0.25) is 4.79 Å². The normalized spacial score (nSPS) is 11.7. The van der Waals surface area contributed by atoms with Crippen LogP contribution in [0.3, 0.4) is 0 Å². The molecule has 96 valence electrons. The van der Waals surface area contributed by atoms with Gasteiger partial charge >= 0.3 is 0 Å². The van der Waals surface area contributed by atoms with Crippen LogP contribution in [-0.2, 0) is 4.79 Å². The number of nitrogens with one attached hydrogen (secondary N) is 1. The van der Waals surface area contributed by atoms with Gasteiger partial charge in [-0.05, 0) is 17.7 Å². The summed E-state index contributed by atoms with van der Waals surface area (Å²) in [5.41, 5.74) is 13.4. The van der Waals surface area contributed by atoms with Crippen molar-refractivity contribution in [2.24, 2.45) is 10.8 Å². The van der Waals surface area contributed by atoms with Gasteiger partial charge in [0.25, 0.3) is 0 Å². The maximum atomic E-state index is 13.6. The second-order valence-corrected chi connectivity index (χ2v) is 3.85. The number of nitrogens with two attached hydrogens (primary N) is 1. The monoisotopic (exact) mass is 271 g/mol. The first kappa shape index (κ1) is 14.2. The van der Waals surface area contributed by atoms with Crippen molar-refractivity contribution in [3.8, 4) is 0 Å². The average Bonchev–Trinajstić information content (AvgIpc) is 2.30. The predicted octanol–water partition coefficient (Wildman–Crippen LogP) is 1.91. The van der Waals surface area contributed by atoms with Crippen LogP contribution in [0.4, 0.5) is 4.39 Å². The zero-order chi connectivity index (χ0) is 13.5. The van der Waals surface area contributed by atoms with E-state index in [0.29, 0.717) is 0 Å². The van der Waals surface area contributed by atoms with Crippen LogP contribution in [0, 0.1) is 5.82 Å². The Labute approximate surface area is 108 Å². The molecule has 1 atom stereocenters. The molecule has 0 saturated carbocycles. The summed E-state index contributed by atoms with van der Waals surface area (Å²) in [6.07, 6.45) is 0. The Morgan fingerprint density at radius 3 is 2.94 bits per heavy atom. The standard InChI is InChI=1S/C10H11ClFN5O/c11-6-1-2-7(8(12)5-6)9(10(13)18)15-3-4-16-17-14/h1-2,5,9,15H,3-4H2,(H2,13,18). The average molecular weight is 272 g/mol. The van der Waals surface area contributed by atoms with Gasteiger partial charge in [-0.2, -0.15) is 0 Å². The Bertz CT molecular complexity index is 489. The van der Waals surface area contributed by atoms with Crippen LogP contribution in [-0.4, -0.2) is 19.0 Å². The molecule has 18 heavy (non-hydrogen) atoms. The van der Waals surface area contributed by atoms with Gasteiger partial charge < -0.3 is 11.1 Å². The summed E-state index contributed by atoms with van der Waals surface area (Å²) < 4.78 is 13.6. The summed E-state index contributed by atoms with van der Waals surface area (Å²) in [4.78, 5) is 13.8. The third-order valence-corrected chi connectivity index (χ3v) is 2.42. The molecule has 1 aromatic carbocycles. The number of halogens is 2. The van der Waals surface area contributed by atoms with E-state index in [9.17, 15) is 9.18 Å². The predicted molar refractivity (Wildman–Crippen MR) is 65.4 cm³/mol. The number of benzene rings is 1. The largest absolute Gasteiger partial charge is 0.368 e. The van der Waals surface area contributed by atoms with Crippen molar-refractivity contribution in [2.75, 3.05) is 13.1 Å². The zero-order valence-corrected chi connectivity index (χ0v) is 10.1. The second kappa shape index (κ2) is 6.80. The summed E-state index contributed by atoms with van der Waals surface area (Å²) in [6, 6.07) is 2.96. The summed E-state index contributed by atoms with van der Waals surface area (Å²) in [5, 5.41) is 6.22. The quantitative estimate of drug-likeness (QED) is 0.357. The summed E-state index contributed by atoms with van der Waals surface area (Å²) in [5.74, 6) is -1.35. The van der Waals surface area contributed by atoms with Crippen LogP contribution < -0.4 is 11.1 Å². The molecule has 0 radical (unpaired) electrons. The van der Waals surface area contributed by atoms with Crippen molar-refractivity contribution in [2.45, 2.75) is 6.04 Å². The van der Waals surface area contributed by atoms with E-state index in [0.717, 1.165) is 6.07 Å². The SMILES string of the molecule is [N-]=[N+]=NCCNC(C(N)=O)c1ccc(Cl)cc1F. The molecule has 0 heterocycles. The number of hydrogen-bond donors (Lipinski definition) is 2. The van der Waals surface area contributed by atoms with Gasteiger partial charge in [0.15, 0.2) is 0 Å². The van der Waals surface area contributed by atoms with E-state index in [1.165, 1.54) is 12.1 Å². The molecule has 1 unspecified atom stereocenters. The van der Waals surface area contributed by atoms with Gasteiger partial charge in [-0.15, -0.1) is 0 Å². The van der Waals surface area contributed by atoms with Gasteiger partial charge in [0.1, 0.15) is 11.9 Å². The Morgan fingerprint density at radius 2 is 2.39 bits per heavy atom. The molecular formula is C10H11ClFN5O. The molecule has 0 spiro atoms. The smallest absolute Gasteiger partial charge is 0.239 e.